The van der Waals surface area contributed by atoms with Crippen molar-refractivity contribution in [1.29, 1.82) is 0 Å². The molecule has 1 amide bonds. The minimum atomic E-state index is 0.170. The lowest BCUT2D eigenvalue weighted by Crippen LogP contribution is -2.50. The van der Waals surface area contributed by atoms with Gasteiger partial charge in [0.15, 0.2) is 0 Å². The number of hydrogen-bond donors (Lipinski definition) is 1. The number of rotatable bonds is 6. The lowest BCUT2D eigenvalue weighted by atomic mass is 9.92. The molecule has 0 aliphatic carbocycles. The van der Waals surface area contributed by atoms with Gasteiger partial charge in [-0.3, -0.25) is 9.78 Å². The van der Waals surface area contributed by atoms with Crippen LogP contribution in [0.1, 0.15) is 51.5 Å². The van der Waals surface area contributed by atoms with Crippen LogP contribution in [-0.4, -0.2) is 59.0 Å². The molecule has 2 aliphatic heterocycles. The molecule has 3 rings (SSSR count). The van der Waals surface area contributed by atoms with Gasteiger partial charge in [-0.05, 0) is 76.8 Å². The maximum atomic E-state index is 12.4. The Labute approximate surface area is 158 Å². The van der Waals surface area contributed by atoms with E-state index in [1.54, 1.807) is 6.20 Å². The lowest BCUT2D eigenvalue weighted by Gasteiger charge is -2.43. The van der Waals surface area contributed by atoms with E-state index in [0.717, 1.165) is 37.5 Å². The first-order valence-corrected chi connectivity index (χ1v) is 10.3. The van der Waals surface area contributed by atoms with Gasteiger partial charge in [0.05, 0.1) is 0 Å². The quantitative estimate of drug-likeness (QED) is 0.849. The first-order chi connectivity index (χ1) is 12.7. The van der Waals surface area contributed by atoms with Crippen LogP contribution in [0.4, 0.5) is 0 Å². The van der Waals surface area contributed by atoms with E-state index >= 15 is 0 Å². The molecule has 3 heterocycles. The van der Waals surface area contributed by atoms with Crippen molar-refractivity contribution in [2.75, 3.05) is 26.2 Å². The maximum absolute atomic E-state index is 12.4. The highest BCUT2D eigenvalue weighted by molar-refractivity contribution is 5.78. The summed E-state index contributed by atoms with van der Waals surface area (Å²) in [5.41, 5.74) is 1.06. The Morgan fingerprint density at radius 1 is 1.23 bits per heavy atom. The fraction of sp³-hybridized carbons (Fsp3) is 0.714. The molecule has 0 saturated carbocycles. The van der Waals surface area contributed by atoms with Crippen molar-refractivity contribution in [2.24, 2.45) is 5.92 Å². The van der Waals surface area contributed by atoms with Crippen LogP contribution in [0.15, 0.2) is 24.5 Å². The highest BCUT2D eigenvalue weighted by Gasteiger charge is 2.31. The molecule has 5 nitrogen and oxygen atoms in total. The van der Waals surface area contributed by atoms with E-state index in [1.165, 1.54) is 32.4 Å². The number of pyridine rings is 1. The first kappa shape index (κ1) is 19.3. The van der Waals surface area contributed by atoms with Crippen molar-refractivity contribution < 1.29 is 4.79 Å². The maximum Gasteiger partial charge on any atom is 0.223 e. The predicted octanol–water partition coefficient (Wildman–Crippen LogP) is 2.67. The Kier molecular flexibility index (Phi) is 7.03. The third-order valence-electron chi connectivity index (χ3n) is 6.32. The molecule has 144 valence electrons. The van der Waals surface area contributed by atoms with Gasteiger partial charge in [0.25, 0.3) is 0 Å². The minimum absolute atomic E-state index is 0.170. The molecule has 1 unspecified atom stereocenters. The molecule has 0 radical (unpaired) electrons. The summed E-state index contributed by atoms with van der Waals surface area (Å²) in [6, 6.07) is 5.34. The summed E-state index contributed by atoms with van der Waals surface area (Å²) in [4.78, 5) is 21.8. The molecule has 1 aromatic heterocycles. The summed E-state index contributed by atoms with van der Waals surface area (Å²) >= 11 is 0. The molecule has 1 atom stereocenters. The Morgan fingerprint density at radius 3 is 2.58 bits per heavy atom. The van der Waals surface area contributed by atoms with Gasteiger partial charge in [-0.25, -0.2) is 0 Å². The van der Waals surface area contributed by atoms with E-state index in [2.05, 4.69) is 33.9 Å². The summed E-state index contributed by atoms with van der Waals surface area (Å²) in [7, 11) is 0. The van der Waals surface area contributed by atoms with Gasteiger partial charge in [-0.1, -0.05) is 13.0 Å². The number of carbonyl (C=O) groups excluding carboxylic acids is 1. The summed E-state index contributed by atoms with van der Waals surface area (Å²) in [5.74, 6) is 0.378. The smallest absolute Gasteiger partial charge is 0.223 e. The van der Waals surface area contributed by atoms with Gasteiger partial charge in [0.2, 0.25) is 5.91 Å². The highest BCUT2D eigenvalue weighted by Crippen LogP contribution is 2.25. The lowest BCUT2D eigenvalue weighted by molar-refractivity contribution is -0.126. The van der Waals surface area contributed by atoms with E-state index in [4.69, 9.17) is 0 Å². The first-order valence-electron chi connectivity index (χ1n) is 10.3. The molecule has 5 heteroatoms. The van der Waals surface area contributed by atoms with Crippen LogP contribution in [0, 0.1) is 5.92 Å². The Morgan fingerprint density at radius 2 is 1.96 bits per heavy atom. The Hall–Kier alpha value is -1.46. The molecule has 1 N–H and O–H groups in total. The number of piperidine rings is 2. The average molecular weight is 359 g/mol. The number of hydrogen-bond acceptors (Lipinski definition) is 4. The van der Waals surface area contributed by atoms with Crippen molar-refractivity contribution >= 4 is 5.91 Å². The average Bonchev–Trinajstić information content (AvgIpc) is 2.72. The summed E-state index contributed by atoms with van der Waals surface area (Å²) in [6.45, 7) is 9.80. The van der Waals surface area contributed by atoms with E-state index < -0.39 is 0 Å². The predicted molar refractivity (Wildman–Crippen MR) is 105 cm³/mol. The monoisotopic (exact) mass is 358 g/mol. The number of nitrogens with zero attached hydrogens (tertiary/aromatic N) is 3. The van der Waals surface area contributed by atoms with E-state index in [-0.39, 0.29) is 11.8 Å². The molecular formula is C21H34N4O. The number of amides is 1. The standard InChI is InChI=1S/C21H34N4O/c1-3-17(2)24-13-8-20(9-14-24)25-11-6-19(7-12-25)21(26)23-16-18-5-4-10-22-15-18/h4-5,10,15,17,19-20H,3,6-9,11-14,16H2,1-2H3,(H,23,26). The highest BCUT2D eigenvalue weighted by atomic mass is 16.1. The van der Waals surface area contributed by atoms with Crippen LogP contribution in [0.5, 0.6) is 0 Å². The Bertz CT molecular complexity index is 548. The summed E-state index contributed by atoms with van der Waals surface area (Å²) < 4.78 is 0. The molecule has 0 bridgehead atoms. The van der Waals surface area contributed by atoms with Crippen LogP contribution in [0.3, 0.4) is 0 Å². The second-order valence-corrected chi connectivity index (χ2v) is 7.91. The SMILES string of the molecule is CCC(C)N1CCC(N2CCC(C(=O)NCc3cccnc3)CC2)CC1. The third kappa shape index (κ3) is 5.04. The van der Waals surface area contributed by atoms with Gasteiger partial charge in [0.1, 0.15) is 0 Å². The molecule has 0 spiro atoms. The molecule has 1 aromatic rings. The molecule has 0 aromatic carbocycles. The largest absolute Gasteiger partial charge is 0.352 e. The van der Waals surface area contributed by atoms with Crippen LogP contribution in [-0.2, 0) is 11.3 Å². The topological polar surface area (TPSA) is 48.5 Å². The second-order valence-electron chi connectivity index (χ2n) is 7.91. The summed E-state index contributed by atoms with van der Waals surface area (Å²) in [5, 5.41) is 3.08. The van der Waals surface area contributed by atoms with Crippen molar-refractivity contribution in [3.05, 3.63) is 30.1 Å². The molecular weight excluding hydrogens is 324 g/mol. The van der Waals surface area contributed by atoms with Crippen molar-refractivity contribution in [2.45, 2.75) is 64.6 Å². The zero-order valence-corrected chi connectivity index (χ0v) is 16.4. The number of nitrogens with one attached hydrogen (secondary N) is 1. The minimum Gasteiger partial charge on any atom is -0.352 e. The third-order valence-corrected chi connectivity index (χ3v) is 6.32. The molecule has 26 heavy (non-hydrogen) atoms. The van der Waals surface area contributed by atoms with Gasteiger partial charge in [-0.2, -0.15) is 0 Å². The van der Waals surface area contributed by atoms with Crippen molar-refractivity contribution in [1.82, 2.24) is 20.1 Å². The number of aromatic nitrogens is 1. The van der Waals surface area contributed by atoms with Crippen LogP contribution in [0.25, 0.3) is 0 Å². The van der Waals surface area contributed by atoms with E-state index in [1.807, 2.05) is 18.3 Å². The van der Waals surface area contributed by atoms with Crippen molar-refractivity contribution in [3.8, 4) is 0 Å². The van der Waals surface area contributed by atoms with E-state index in [0.29, 0.717) is 12.6 Å². The Balaban J connectivity index is 1.38. The molecule has 2 fully saturated rings. The fourth-order valence-corrected chi connectivity index (χ4v) is 4.31. The summed E-state index contributed by atoms with van der Waals surface area (Å²) in [6.07, 6.45) is 9.35. The van der Waals surface area contributed by atoms with Gasteiger partial charge in [-0.15, -0.1) is 0 Å². The second kappa shape index (κ2) is 9.47. The molecule has 2 aliphatic rings. The van der Waals surface area contributed by atoms with Crippen LogP contribution >= 0.6 is 0 Å². The number of carbonyl (C=O) groups is 1. The number of likely N-dealkylation sites (tertiary alicyclic amines) is 2. The zero-order valence-electron chi connectivity index (χ0n) is 16.4. The fourth-order valence-electron chi connectivity index (χ4n) is 4.31. The van der Waals surface area contributed by atoms with Crippen LogP contribution < -0.4 is 5.32 Å². The molecule has 2 saturated heterocycles. The van der Waals surface area contributed by atoms with Crippen LogP contribution in [0.2, 0.25) is 0 Å². The van der Waals surface area contributed by atoms with E-state index in [9.17, 15) is 4.79 Å². The van der Waals surface area contributed by atoms with Gasteiger partial charge in [0, 0.05) is 36.9 Å². The normalized spacial score (nSPS) is 22.2. The van der Waals surface area contributed by atoms with Gasteiger partial charge < -0.3 is 15.1 Å². The zero-order chi connectivity index (χ0) is 18.4. The van der Waals surface area contributed by atoms with Crippen molar-refractivity contribution in [3.63, 3.8) is 0 Å². The van der Waals surface area contributed by atoms with Gasteiger partial charge >= 0.3 is 0 Å².